The molecule has 0 aromatic rings. The van der Waals surface area contributed by atoms with Crippen molar-refractivity contribution in [3.63, 3.8) is 0 Å². The highest BCUT2D eigenvalue weighted by Gasteiger charge is 2.23. The zero-order chi connectivity index (χ0) is 15.9. The zero-order valence-corrected chi connectivity index (χ0v) is 15.3. The molecule has 2 N–H and O–H groups in total. The molecule has 124 valence electrons. The first kappa shape index (κ1) is 18.5. The monoisotopic (exact) mass is 314 g/mol. The molecule has 0 heterocycles. The maximum atomic E-state index is 11.5. The third-order valence-electron chi connectivity index (χ3n) is 4.59. The Morgan fingerprint density at radius 1 is 1.29 bits per heavy atom. The molecule has 0 bridgehead atoms. The van der Waals surface area contributed by atoms with E-state index in [1.54, 1.807) is 4.90 Å². The second-order valence-electron chi connectivity index (χ2n) is 7.76. The van der Waals surface area contributed by atoms with Crippen LogP contribution in [0.1, 0.15) is 38.5 Å². The van der Waals surface area contributed by atoms with E-state index in [0.717, 1.165) is 18.4 Å². The Morgan fingerprint density at radius 2 is 1.90 bits per heavy atom. The summed E-state index contributed by atoms with van der Waals surface area (Å²) >= 11 is 0. The van der Waals surface area contributed by atoms with Gasteiger partial charge >= 0.3 is 6.09 Å². The highest BCUT2D eigenvalue weighted by molar-refractivity contribution is 6.76. The Kier molecular flexibility index (Phi) is 7.74. The van der Waals surface area contributed by atoms with Crippen molar-refractivity contribution in [2.75, 3.05) is 20.1 Å². The summed E-state index contributed by atoms with van der Waals surface area (Å²) < 4.78 is 0. The molecule has 1 aliphatic rings. The van der Waals surface area contributed by atoms with E-state index in [4.69, 9.17) is 0 Å². The van der Waals surface area contributed by atoms with Gasteiger partial charge in [0.25, 0.3) is 0 Å². The van der Waals surface area contributed by atoms with Crippen molar-refractivity contribution in [1.82, 2.24) is 10.2 Å². The molecule has 0 spiro atoms. The molecule has 0 radical (unpaired) electrons. The van der Waals surface area contributed by atoms with Crippen LogP contribution < -0.4 is 5.32 Å². The number of likely N-dealkylation sites (N-methyl/N-ethyl adjacent to an activating group) is 1. The number of hydrogen-bond acceptors (Lipinski definition) is 2. The molecule has 1 atom stereocenters. The molecule has 1 rings (SSSR count). The SMILES string of the molecule is CN[C@H](CC1CCCCC1)CN(CC[Si](C)(C)C)C(=O)O. The van der Waals surface area contributed by atoms with E-state index in [0.29, 0.717) is 19.1 Å². The van der Waals surface area contributed by atoms with Crippen LogP contribution in [-0.4, -0.2) is 50.4 Å². The van der Waals surface area contributed by atoms with Crippen LogP contribution in [0.4, 0.5) is 4.79 Å². The van der Waals surface area contributed by atoms with Crippen molar-refractivity contribution < 1.29 is 9.90 Å². The van der Waals surface area contributed by atoms with Gasteiger partial charge in [-0.25, -0.2) is 4.79 Å². The third kappa shape index (κ3) is 7.86. The molecular weight excluding hydrogens is 280 g/mol. The van der Waals surface area contributed by atoms with Crippen molar-refractivity contribution in [3.8, 4) is 0 Å². The summed E-state index contributed by atoms with van der Waals surface area (Å²) in [5.74, 6) is 0.781. The van der Waals surface area contributed by atoms with Crippen LogP contribution in [0.2, 0.25) is 25.7 Å². The molecule has 0 aromatic heterocycles. The fourth-order valence-corrected chi connectivity index (χ4v) is 4.05. The molecule has 0 aromatic carbocycles. The molecule has 1 aliphatic carbocycles. The number of hydrogen-bond donors (Lipinski definition) is 2. The van der Waals surface area contributed by atoms with Crippen molar-refractivity contribution in [3.05, 3.63) is 0 Å². The topological polar surface area (TPSA) is 52.6 Å². The molecule has 21 heavy (non-hydrogen) atoms. The maximum Gasteiger partial charge on any atom is 0.407 e. The van der Waals surface area contributed by atoms with Crippen molar-refractivity contribution in [1.29, 1.82) is 0 Å². The average Bonchev–Trinajstić information content (AvgIpc) is 2.41. The van der Waals surface area contributed by atoms with Gasteiger partial charge in [-0.2, -0.15) is 0 Å². The third-order valence-corrected chi connectivity index (χ3v) is 6.32. The first-order chi connectivity index (χ1) is 9.81. The minimum absolute atomic E-state index is 0.297. The predicted molar refractivity (Wildman–Crippen MR) is 91.8 cm³/mol. The lowest BCUT2D eigenvalue weighted by molar-refractivity contribution is 0.139. The molecule has 0 aliphatic heterocycles. The van der Waals surface area contributed by atoms with Crippen LogP contribution in [0.5, 0.6) is 0 Å². The lowest BCUT2D eigenvalue weighted by atomic mass is 9.85. The highest BCUT2D eigenvalue weighted by Crippen LogP contribution is 2.27. The van der Waals surface area contributed by atoms with E-state index >= 15 is 0 Å². The summed E-state index contributed by atoms with van der Waals surface area (Å²) in [6.45, 7) is 8.21. The Bertz CT molecular complexity index is 312. The second kappa shape index (κ2) is 8.78. The minimum atomic E-state index is -1.19. The van der Waals surface area contributed by atoms with Gasteiger partial charge in [0.05, 0.1) is 0 Å². The number of carboxylic acid groups (broad SMARTS) is 1. The Hall–Kier alpha value is -0.553. The van der Waals surface area contributed by atoms with Gasteiger partial charge in [0.1, 0.15) is 0 Å². The van der Waals surface area contributed by atoms with Gasteiger partial charge in [0.2, 0.25) is 0 Å². The molecule has 1 saturated carbocycles. The first-order valence-electron chi connectivity index (χ1n) is 8.47. The van der Waals surface area contributed by atoms with Crippen LogP contribution in [0.3, 0.4) is 0 Å². The van der Waals surface area contributed by atoms with Crippen LogP contribution in [0, 0.1) is 5.92 Å². The van der Waals surface area contributed by atoms with Crippen molar-refractivity contribution in [2.45, 2.75) is 70.3 Å². The summed E-state index contributed by atoms with van der Waals surface area (Å²) in [5.41, 5.74) is 0. The average molecular weight is 315 g/mol. The fraction of sp³-hybridized carbons (Fsp3) is 0.938. The number of nitrogens with zero attached hydrogens (tertiary/aromatic N) is 1. The van der Waals surface area contributed by atoms with Gasteiger partial charge in [0, 0.05) is 27.2 Å². The van der Waals surface area contributed by atoms with Gasteiger partial charge in [-0.05, 0) is 25.4 Å². The van der Waals surface area contributed by atoms with E-state index < -0.39 is 14.2 Å². The van der Waals surface area contributed by atoms with E-state index in [2.05, 4.69) is 25.0 Å². The second-order valence-corrected chi connectivity index (χ2v) is 13.4. The van der Waals surface area contributed by atoms with Crippen LogP contribution >= 0.6 is 0 Å². The first-order valence-corrected chi connectivity index (χ1v) is 12.2. The van der Waals surface area contributed by atoms with E-state index in [1.807, 2.05) is 7.05 Å². The molecule has 0 saturated heterocycles. The summed E-state index contributed by atoms with van der Waals surface area (Å²) in [6, 6.07) is 1.34. The Morgan fingerprint density at radius 3 is 2.38 bits per heavy atom. The standard InChI is InChI=1S/C16H34N2O2Si/c1-17-15(12-14-8-6-5-7-9-14)13-18(16(19)20)10-11-21(2,3)4/h14-15,17H,5-13H2,1-4H3,(H,19,20)/t15-/m1/s1. The largest absolute Gasteiger partial charge is 0.465 e. The van der Waals surface area contributed by atoms with E-state index in [9.17, 15) is 9.90 Å². The molecule has 1 amide bonds. The molecule has 5 heteroatoms. The van der Waals surface area contributed by atoms with Gasteiger partial charge in [-0.15, -0.1) is 0 Å². The zero-order valence-electron chi connectivity index (χ0n) is 14.3. The number of rotatable bonds is 8. The van der Waals surface area contributed by atoms with E-state index in [-0.39, 0.29) is 0 Å². The lowest BCUT2D eigenvalue weighted by Gasteiger charge is -2.31. The fourth-order valence-electron chi connectivity index (χ4n) is 3.11. The van der Waals surface area contributed by atoms with Crippen molar-refractivity contribution >= 4 is 14.2 Å². The van der Waals surface area contributed by atoms with Crippen molar-refractivity contribution in [2.24, 2.45) is 5.92 Å². The van der Waals surface area contributed by atoms with Crippen LogP contribution in [0.15, 0.2) is 0 Å². The molecule has 1 fully saturated rings. The van der Waals surface area contributed by atoms with Gasteiger partial charge < -0.3 is 15.3 Å². The maximum absolute atomic E-state index is 11.5. The van der Waals surface area contributed by atoms with E-state index in [1.165, 1.54) is 32.1 Å². The predicted octanol–water partition coefficient (Wildman–Crippen LogP) is 3.86. The van der Waals surface area contributed by atoms with Crippen LogP contribution in [0.25, 0.3) is 0 Å². The summed E-state index contributed by atoms with van der Waals surface area (Å²) in [7, 11) is 0.769. The normalized spacial score (nSPS) is 18.5. The minimum Gasteiger partial charge on any atom is -0.465 e. The molecule has 0 unspecified atom stereocenters. The highest BCUT2D eigenvalue weighted by atomic mass is 28.3. The molecular formula is C16H34N2O2Si. The number of carbonyl (C=O) groups is 1. The summed E-state index contributed by atoms with van der Waals surface area (Å²) in [4.78, 5) is 13.1. The van der Waals surface area contributed by atoms with Crippen LogP contribution in [-0.2, 0) is 0 Å². The Labute approximate surface area is 131 Å². The summed E-state index contributed by atoms with van der Waals surface area (Å²) in [6.07, 6.45) is 7.06. The quantitative estimate of drug-likeness (QED) is 0.669. The van der Waals surface area contributed by atoms with Gasteiger partial charge in [-0.3, -0.25) is 0 Å². The summed E-state index contributed by atoms with van der Waals surface area (Å²) in [5, 5.41) is 12.8. The smallest absolute Gasteiger partial charge is 0.407 e. The molecule has 4 nitrogen and oxygen atoms in total. The number of nitrogens with one attached hydrogen (secondary N) is 1. The Balaban J connectivity index is 2.47. The number of amides is 1. The van der Waals surface area contributed by atoms with Gasteiger partial charge in [0.15, 0.2) is 0 Å². The lowest BCUT2D eigenvalue weighted by Crippen LogP contribution is -2.44. The van der Waals surface area contributed by atoms with Gasteiger partial charge in [-0.1, -0.05) is 51.7 Å².